The highest BCUT2D eigenvalue weighted by atomic mass is 16.6. The smallest absolute Gasteiger partial charge is 0.254 e. The van der Waals surface area contributed by atoms with Crippen molar-refractivity contribution >= 4 is 5.91 Å². The minimum absolute atomic E-state index is 0.000125. The van der Waals surface area contributed by atoms with Crippen LogP contribution in [0.15, 0.2) is 12.1 Å². The molecule has 1 saturated heterocycles. The fourth-order valence-corrected chi connectivity index (χ4v) is 2.91. The number of carbonyl (C=O) groups excluding carboxylic acids is 1. The lowest BCUT2D eigenvalue weighted by atomic mass is 9.98. The number of hydrogen-bond acceptors (Lipinski definition) is 5. The molecule has 1 fully saturated rings. The zero-order valence-corrected chi connectivity index (χ0v) is 13.0. The largest absolute Gasteiger partial charge is 0.493 e. The van der Waals surface area contributed by atoms with Crippen LogP contribution in [-0.2, 0) is 27.2 Å². The highest BCUT2D eigenvalue weighted by molar-refractivity contribution is 5.81. The van der Waals surface area contributed by atoms with Crippen LogP contribution in [0.3, 0.4) is 0 Å². The number of amides is 1. The summed E-state index contributed by atoms with van der Waals surface area (Å²) in [6.45, 7) is 2.62. The van der Waals surface area contributed by atoms with E-state index in [1.165, 1.54) is 5.56 Å². The summed E-state index contributed by atoms with van der Waals surface area (Å²) in [6, 6.07) is 3.95. The second kappa shape index (κ2) is 6.54. The van der Waals surface area contributed by atoms with Crippen LogP contribution in [0.4, 0.5) is 0 Å². The van der Waals surface area contributed by atoms with E-state index in [0.717, 1.165) is 17.7 Å². The molecule has 1 amide bonds. The zero-order chi connectivity index (χ0) is 15.5. The molecule has 1 atom stereocenters. The number of hydrogen-bond donors (Lipinski definition) is 0. The van der Waals surface area contributed by atoms with Gasteiger partial charge in [-0.25, -0.2) is 0 Å². The van der Waals surface area contributed by atoms with Crippen molar-refractivity contribution in [3.05, 3.63) is 23.3 Å². The molecule has 6 heteroatoms. The van der Waals surface area contributed by atoms with Crippen molar-refractivity contribution in [3.8, 4) is 11.5 Å². The van der Waals surface area contributed by atoms with E-state index in [1.807, 2.05) is 17.0 Å². The second-order valence-corrected chi connectivity index (χ2v) is 5.42. The van der Waals surface area contributed by atoms with Crippen LogP contribution in [0, 0.1) is 0 Å². The fourth-order valence-electron chi connectivity index (χ4n) is 2.91. The highest BCUT2D eigenvalue weighted by Gasteiger charge is 2.30. The predicted molar refractivity (Wildman–Crippen MR) is 79.2 cm³/mol. The number of benzene rings is 1. The van der Waals surface area contributed by atoms with E-state index in [4.69, 9.17) is 18.9 Å². The third-order valence-electron chi connectivity index (χ3n) is 4.12. The van der Waals surface area contributed by atoms with E-state index in [9.17, 15) is 4.79 Å². The van der Waals surface area contributed by atoms with Crippen LogP contribution in [-0.4, -0.2) is 57.5 Å². The number of carbonyl (C=O) groups is 1. The molecule has 2 aliphatic rings. The third-order valence-corrected chi connectivity index (χ3v) is 4.12. The molecule has 2 heterocycles. The Kier molecular flexibility index (Phi) is 4.49. The van der Waals surface area contributed by atoms with Gasteiger partial charge in [-0.3, -0.25) is 4.79 Å². The Morgan fingerprint density at radius 3 is 2.55 bits per heavy atom. The first-order chi connectivity index (χ1) is 10.7. The van der Waals surface area contributed by atoms with Crippen LogP contribution in [0.5, 0.6) is 11.5 Å². The van der Waals surface area contributed by atoms with Gasteiger partial charge in [0.05, 0.1) is 34.0 Å². The number of rotatable bonds is 3. The third kappa shape index (κ3) is 2.89. The van der Waals surface area contributed by atoms with Gasteiger partial charge >= 0.3 is 0 Å². The first kappa shape index (κ1) is 15.1. The molecule has 0 saturated carbocycles. The molecule has 1 aromatic rings. The quantitative estimate of drug-likeness (QED) is 0.834. The average Bonchev–Trinajstić information content (AvgIpc) is 2.60. The Labute approximate surface area is 129 Å². The maximum absolute atomic E-state index is 12.5. The molecule has 0 spiro atoms. The van der Waals surface area contributed by atoms with E-state index in [2.05, 4.69) is 0 Å². The predicted octanol–water partition coefficient (Wildman–Crippen LogP) is 1.00. The molecular formula is C16H21NO5. The van der Waals surface area contributed by atoms with Gasteiger partial charge in [0.1, 0.15) is 0 Å². The van der Waals surface area contributed by atoms with Crippen molar-refractivity contribution in [1.82, 2.24) is 4.90 Å². The molecule has 1 aromatic carbocycles. The number of fused-ring (bicyclic) bond motifs is 1. The standard InChI is InChI=1S/C16H21NO5/c1-19-13-7-11-3-4-17(9-12(11)8-14(13)20-2)16(18)15-10-21-5-6-22-15/h7-8,15H,3-6,9-10H2,1-2H3. The van der Waals surface area contributed by atoms with Crippen LogP contribution in [0.1, 0.15) is 11.1 Å². The molecule has 0 radical (unpaired) electrons. The van der Waals surface area contributed by atoms with Gasteiger partial charge in [0, 0.05) is 13.1 Å². The molecule has 2 aliphatic heterocycles. The molecule has 0 aromatic heterocycles. The summed E-state index contributed by atoms with van der Waals surface area (Å²) in [4.78, 5) is 14.3. The Morgan fingerprint density at radius 1 is 1.18 bits per heavy atom. The second-order valence-electron chi connectivity index (χ2n) is 5.42. The summed E-state index contributed by atoms with van der Waals surface area (Å²) in [5.74, 6) is 1.41. The zero-order valence-electron chi connectivity index (χ0n) is 13.0. The molecule has 120 valence electrons. The molecule has 1 unspecified atom stereocenters. The number of nitrogens with zero attached hydrogens (tertiary/aromatic N) is 1. The van der Waals surface area contributed by atoms with Crippen LogP contribution in [0.25, 0.3) is 0 Å². The average molecular weight is 307 g/mol. The fraction of sp³-hybridized carbons (Fsp3) is 0.562. The van der Waals surface area contributed by atoms with Gasteiger partial charge in [-0.15, -0.1) is 0 Å². The SMILES string of the molecule is COc1cc2c(cc1OC)CN(C(=O)C1COCCO1)CC2. The van der Waals surface area contributed by atoms with Gasteiger partial charge in [-0.2, -0.15) is 0 Å². The van der Waals surface area contributed by atoms with Crippen molar-refractivity contribution in [2.24, 2.45) is 0 Å². The molecule has 0 N–H and O–H groups in total. The lowest BCUT2D eigenvalue weighted by Gasteiger charge is -2.33. The number of ether oxygens (including phenoxy) is 4. The van der Waals surface area contributed by atoms with Crippen LogP contribution < -0.4 is 9.47 Å². The van der Waals surface area contributed by atoms with Gasteiger partial charge in [0.2, 0.25) is 0 Å². The Balaban J connectivity index is 1.76. The Bertz CT molecular complexity index is 554. The molecule has 0 bridgehead atoms. The minimum atomic E-state index is -0.476. The molecule has 3 rings (SSSR count). The first-order valence-corrected chi connectivity index (χ1v) is 7.45. The summed E-state index contributed by atoms with van der Waals surface area (Å²) < 4.78 is 21.5. The van der Waals surface area contributed by atoms with E-state index in [1.54, 1.807) is 14.2 Å². The summed E-state index contributed by atoms with van der Waals surface area (Å²) in [5.41, 5.74) is 2.29. The monoisotopic (exact) mass is 307 g/mol. The van der Waals surface area contributed by atoms with Crippen molar-refractivity contribution < 1.29 is 23.7 Å². The highest BCUT2D eigenvalue weighted by Crippen LogP contribution is 2.33. The Morgan fingerprint density at radius 2 is 1.91 bits per heavy atom. The van der Waals surface area contributed by atoms with Gasteiger partial charge in [-0.05, 0) is 29.7 Å². The van der Waals surface area contributed by atoms with E-state index in [-0.39, 0.29) is 5.91 Å². The van der Waals surface area contributed by atoms with Gasteiger partial charge < -0.3 is 23.8 Å². The van der Waals surface area contributed by atoms with Crippen molar-refractivity contribution in [1.29, 1.82) is 0 Å². The van der Waals surface area contributed by atoms with Crippen LogP contribution >= 0.6 is 0 Å². The molecule has 22 heavy (non-hydrogen) atoms. The van der Waals surface area contributed by atoms with Gasteiger partial charge in [0.15, 0.2) is 17.6 Å². The van der Waals surface area contributed by atoms with Crippen molar-refractivity contribution in [3.63, 3.8) is 0 Å². The van der Waals surface area contributed by atoms with Crippen molar-refractivity contribution in [2.45, 2.75) is 19.1 Å². The molecule has 0 aliphatic carbocycles. The van der Waals surface area contributed by atoms with Gasteiger partial charge in [-0.1, -0.05) is 0 Å². The Hall–Kier alpha value is -1.79. The minimum Gasteiger partial charge on any atom is -0.493 e. The first-order valence-electron chi connectivity index (χ1n) is 7.45. The summed E-state index contributed by atoms with van der Waals surface area (Å²) in [7, 11) is 3.24. The lowest BCUT2D eigenvalue weighted by Crippen LogP contribution is -2.47. The van der Waals surface area contributed by atoms with Crippen LogP contribution in [0.2, 0.25) is 0 Å². The normalized spacial score (nSPS) is 21.2. The maximum Gasteiger partial charge on any atom is 0.254 e. The van der Waals surface area contributed by atoms with E-state index < -0.39 is 6.10 Å². The lowest BCUT2D eigenvalue weighted by molar-refractivity contribution is -0.158. The van der Waals surface area contributed by atoms with Crippen molar-refractivity contribution in [2.75, 3.05) is 40.6 Å². The summed E-state index contributed by atoms with van der Waals surface area (Å²) >= 11 is 0. The molecule has 6 nitrogen and oxygen atoms in total. The topological polar surface area (TPSA) is 57.2 Å². The maximum atomic E-state index is 12.5. The summed E-state index contributed by atoms with van der Waals surface area (Å²) in [5, 5.41) is 0. The van der Waals surface area contributed by atoms with E-state index in [0.29, 0.717) is 38.7 Å². The van der Waals surface area contributed by atoms with E-state index >= 15 is 0 Å². The molecular weight excluding hydrogens is 286 g/mol. The number of methoxy groups -OCH3 is 2. The summed E-state index contributed by atoms with van der Waals surface area (Å²) in [6.07, 6.45) is 0.324. The van der Waals surface area contributed by atoms with Gasteiger partial charge in [0.25, 0.3) is 5.91 Å².